The number of benzene rings is 3. The number of nitrogens with one attached hydrogen (secondary N) is 1. The summed E-state index contributed by atoms with van der Waals surface area (Å²) in [5.41, 5.74) is 16.1. The van der Waals surface area contributed by atoms with Crippen LogP contribution in [0.2, 0.25) is 0 Å². The van der Waals surface area contributed by atoms with Gasteiger partial charge in [-0.15, -0.1) is 23.1 Å². The van der Waals surface area contributed by atoms with Gasteiger partial charge >= 0.3 is 0 Å². The van der Waals surface area contributed by atoms with Gasteiger partial charge in [-0.1, -0.05) is 128 Å². The lowest BCUT2D eigenvalue weighted by Crippen LogP contribution is -2.27. The molecule has 254 valence electrons. The standard InChI is InChI=1S/C49H41NS2/c1-3-11-30(12-4-1)35-16-7-15-32-29-46(35)51-47-37(32)18-8-19-38(47)33-23-25-40-41-26-24-34(28-45(41)50-44(40)27-33)39-20-10-22-43-42-21-9-17-36(48(42)52-49(39)43)31-13-5-2-6-14-31/h1-3,5-6,8-11,13,16-23,25,27-29,31,40,44,46,50H,4,7,12,14-15,24,26H2. The topological polar surface area (TPSA) is 12.0 Å². The lowest BCUT2D eigenvalue weighted by Gasteiger charge is -2.29. The summed E-state index contributed by atoms with van der Waals surface area (Å²) in [5, 5.41) is 7.22. The zero-order valence-corrected chi connectivity index (χ0v) is 30.9. The lowest BCUT2D eigenvalue weighted by molar-refractivity contribution is 0.620. The van der Waals surface area contributed by atoms with Gasteiger partial charge in [0, 0.05) is 42.6 Å². The maximum Gasteiger partial charge on any atom is 0.0554 e. The van der Waals surface area contributed by atoms with Crippen molar-refractivity contribution in [1.82, 2.24) is 5.32 Å². The SMILES string of the molecule is C1=CCCC(C2=CCCC3=CC2Sc2c(C4=CC5NC6=C(CCC(c7cccc8c7sc7c(C9C=CC=CC9)cccc78)=C6)C5C=C4)cccc23)=C1. The second-order valence-electron chi connectivity index (χ2n) is 15.2. The number of allylic oxidation sites excluding steroid dienone is 14. The van der Waals surface area contributed by atoms with Gasteiger partial charge in [0.05, 0.1) is 11.3 Å². The molecule has 5 aliphatic carbocycles. The fourth-order valence-corrected chi connectivity index (χ4v) is 12.7. The number of thioether (sulfide) groups is 1. The van der Waals surface area contributed by atoms with E-state index in [4.69, 9.17) is 0 Å². The van der Waals surface area contributed by atoms with Gasteiger partial charge in [0.1, 0.15) is 0 Å². The first kappa shape index (κ1) is 31.0. The molecule has 0 spiro atoms. The van der Waals surface area contributed by atoms with Gasteiger partial charge in [-0.05, 0) is 107 Å². The molecule has 0 amide bonds. The van der Waals surface area contributed by atoms with Crippen molar-refractivity contribution in [2.45, 2.75) is 67.1 Å². The summed E-state index contributed by atoms with van der Waals surface area (Å²) in [5.74, 6) is 0.881. The van der Waals surface area contributed by atoms with Crippen molar-refractivity contribution >= 4 is 60.0 Å². The Kier molecular flexibility index (Phi) is 7.47. The van der Waals surface area contributed by atoms with Gasteiger partial charge < -0.3 is 5.32 Å². The molecule has 0 radical (unpaired) electrons. The van der Waals surface area contributed by atoms with Crippen LogP contribution in [0.25, 0.3) is 36.9 Å². The highest BCUT2D eigenvalue weighted by Crippen LogP contribution is 2.51. The maximum atomic E-state index is 4.02. The number of hydrogen-bond acceptors (Lipinski definition) is 3. The fraction of sp³-hybridized carbons (Fsp3) is 0.224. The molecule has 3 heterocycles. The highest BCUT2D eigenvalue weighted by molar-refractivity contribution is 8.00. The summed E-state index contributed by atoms with van der Waals surface area (Å²) >= 11 is 4.07. The first-order valence-corrected chi connectivity index (χ1v) is 20.9. The van der Waals surface area contributed by atoms with Gasteiger partial charge in [-0.3, -0.25) is 0 Å². The molecule has 0 saturated carbocycles. The molecule has 0 saturated heterocycles. The second-order valence-corrected chi connectivity index (χ2v) is 17.4. The van der Waals surface area contributed by atoms with Crippen molar-refractivity contribution in [3.8, 4) is 0 Å². The van der Waals surface area contributed by atoms with Crippen LogP contribution in [0.1, 0.15) is 73.1 Å². The highest BCUT2D eigenvalue weighted by Gasteiger charge is 2.36. The van der Waals surface area contributed by atoms with Crippen LogP contribution >= 0.6 is 23.1 Å². The van der Waals surface area contributed by atoms with Crippen LogP contribution in [0, 0.1) is 5.92 Å². The van der Waals surface area contributed by atoms with Gasteiger partial charge in [-0.2, -0.15) is 0 Å². The molecule has 1 nitrogen and oxygen atoms in total. The summed E-state index contributed by atoms with van der Waals surface area (Å²) in [6, 6.07) is 21.2. The van der Waals surface area contributed by atoms with Crippen LogP contribution in [-0.2, 0) is 0 Å². The minimum atomic E-state index is 0.293. The third kappa shape index (κ3) is 5.04. The molecular formula is C49H41NS2. The molecule has 3 aromatic carbocycles. The Morgan fingerprint density at radius 1 is 0.692 bits per heavy atom. The van der Waals surface area contributed by atoms with Crippen LogP contribution in [0.3, 0.4) is 0 Å². The van der Waals surface area contributed by atoms with Crippen LogP contribution in [0.4, 0.5) is 0 Å². The molecule has 52 heavy (non-hydrogen) atoms. The van der Waals surface area contributed by atoms with Crippen LogP contribution < -0.4 is 5.32 Å². The van der Waals surface area contributed by atoms with E-state index in [9.17, 15) is 0 Å². The monoisotopic (exact) mass is 707 g/mol. The first-order chi connectivity index (χ1) is 25.8. The molecule has 4 atom stereocenters. The predicted molar refractivity (Wildman–Crippen MR) is 225 cm³/mol. The molecule has 3 heteroatoms. The van der Waals surface area contributed by atoms with Crippen molar-refractivity contribution in [2.75, 3.05) is 0 Å². The Morgan fingerprint density at radius 3 is 2.46 bits per heavy atom. The van der Waals surface area contributed by atoms with E-state index in [2.05, 4.69) is 151 Å². The molecule has 2 aliphatic heterocycles. The quantitative estimate of drug-likeness (QED) is 0.227. The Bertz CT molecular complexity index is 2520. The van der Waals surface area contributed by atoms with Crippen LogP contribution in [0.15, 0.2) is 161 Å². The first-order valence-electron chi connectivity index (χ1n) is 19.2. The summed E-state index contributed by atoms with van der Waals surface area (Å²) in [6.07, 6.45) is 38.9. The number of hydrogen-bond donors (Lipinski definition) is 1. The molecule has 0 fully saturated rings. The summed E-state index contributed by atoms with van der Waals surface area (Å²) in [7, 11) is 0. The minimum absolute atomic E-state index is 0.293. The molecular weight excluding hydrogens is 667 g/mol. The Labute approximate surface area is 315 Å². The Hall–Kier alpha value is -4.57. The minimum Gasteiger partial charge on any atom is -0.378 e. The van der Waals surface area contributed by atoms with Gasteiger partial charge in [0.25, 0.3) is 0 Å². The second kappa shape index (κ2) is 12.5. The van der Waals surface area contributed by atoms with Crippen LogP contribution in [-0.4, -0.2) is 11.3 Å². The van der Waals surface area contributed by atoms with Gasteiger partial charge in [0.2, 0.25) is 0 Å². The number of thiophene rings is 1. The molecule has 4 unspecified atom stereocenters. The normalized spacial score (nSPS) is 25.8. The van der Waals surface area contributed by atoms with Crippen molar-refractivity contribution in [3.05, 3.63) is 178 Å². The number of rotatable bonds is 4. The third-order valence-electron chi connectivity index (χ3n) is 12.3. The van der Waals surface area contributed by atoms with Crippen molar-refractivity contribution < 1.29 is 0 Å². The molecule has 2 bridgehead atoms. The average molecular weight is 708 g/mol. The zero-order chi connectivity index (χ0) is 34.2. The Balaban J connectivity index is 0.902. The van der Waals surface area contributed by atoms with E-state index < -0.39 is 0 Å². The molecule has 11 rings (SSSR count). The molecule has 4 aromatic rings. The maximum absolute atomic E-state index is 4.02. The predicted octanol–water partition coefficient (Wildman–Crippen LogP) is 13.2. The van der Waals surface area contributed by atoms with E-state index in [0.29, 0.717) is 23.1 Å². The fourth-order valence-electron chi connectivity index (χ4n) is 9.74. The zero-order valence-electron chi connectivity index (χ0n) is 29.3. The lowest BCUT2D eigenvalue weighted by atomic mass is 9.81. The smallest absolute Gasteiger partial charge is 0.0554 e. The van der Waals surface area contributed by atoms with Crippen LogP contribution in [0.5, 0.6) is 0 Å². The van der Waals surface area contributed by atoms with E-state index in [0.717, 1.165) is 44.9 Å². The Morgan fingerprint density at radius 2 is 1.56 bits per heavy atom. The average Bonchev–Trinajstić information content (AvgIpc) is 3.72. The van der Waals surface area contributed by atoms with E-state index in [1.54, 1.807) is 11.1 Å². The van der Waals surface area contributed by atoms with Gasteiger partial charge in [0.15, 0.2) is 0 Å². The van der Waals surface area contributed by atoms with E-state index in [1.165, 1.54) is 75.3 Å². The van der Waals surface area contributed by atoms with Crippen molar-refractivity contribution in [1.29, 1.82) is 0 Å². The third-order valence-corrected chi connectivity index (χ3v) is 14.9. The van der Waals surface area contributed by atoms with E-state index in [-0.39, 0.29) is 0 Å². The molecule has 1 aromatic heterocycles. The summed E-state index contributed by atoms with van der Waals surface area (Å²) in [6.45, 7) is 0. The van der Waals surface area contributed by atoms with Gasteiger partial charge in [-0.25, -0.2) is 0 Å². The summed E-state index contributed by atoms with van der Waals surface area (Å²) in [4.78, 5) is 1.47. The van der Waals surface area contributed by atoms with Crippen molar-refractivity contribution in [2.24, 2.45) is 5.92 Å². The summed E-state index contributed by atoms with van der Waals surface area (Å²) < 4.78 is 2.88. The molecule has 1 N–H and O–H groups in total. The highest BCUT2D eigenvalue weighted by atomic mass is 32.2. The van der Waals surface area contributed by atoms with Crippen molar-refractivity contribution in [3.63, 3.8) is 0 Å². The van der Waals surface area contributed by atoms with E-state index >= 15 is 0 Å². The molecule has 7 aliphatic rings. The number of fused-ring (bicyclic) bond motifs is 8. The van der Waals surface area contributed by atoms with E-state index in [1.807, 2.05) is 11.3 Å². The largest absolute Gasteiger partial charge is 0.378 e.